The van der Waals surface area contributed by atoms with E-state index in [1.54, 1.807) is 12.1 Å². The van der Waals surface area contributed by atoms with Crippen molar-refractivity contribution in [3.05, 3.63) is 52.9 Å². The Hall–Kier alpha value is -2.14. The third-order valence-corrected chi connectivity index (χ3v) is 2.49. The first kappa shape index (κ1) is 12.3. The first-order valence-electron chi connectivity index (χ1n) is 5.09. The number of hydrogen-bond donors (Lipinski definition) is 2. The van der Waals surface area contributed by atoms with E-state index in [4.69, 9.17) is 11.6 Å². The molecule has 4 nitrogen and oxygen atoms in total. The van der Waals surface area contributed by atoms with E-state index in [9.17, 15) is 9.18 Å². The van der Waals surface area contributed by atoms with Crippen LogP contribution in [-0.2, 0) is 4.79 Å². The van der Waals surface area contributed by atoms with E-state index in [-0.39, 0.29) is 10.6 Å². The lowest BCUT2D eigenvalue weighted by molar-refractivity contribution is -0.111. The summed E-state index contributed by atoms with van der Waals surface area (Å²) >= 11 is 5.82. The molecule has 1 aromatic heterocycles. The Kier molecular flexibility index (Phi) is 3.74. The number of rotatable bonds is 3. The van der Waals surface area contributed by atoms with E-state index >= 15 is 0 Å². The first-order valence-corrected chi connectivity index (χ1v) is 5.47. The van der Waals surface area contributed by atoms with E-state index in [2.05, 4.69) is 15.5 Å². The van der Waals surface area contributed by atoms with Crippen LogP contribution >= 0.6 is 11.6 Å². The number of benzene rings is 1. The largest absolute Gasteiger partial charge is 0.307 e. The first-order chi connectivity index (χ1) is 8.66. The van der Waals surface area contributed by atoms with Crippen molar-refractivity contribution in [2.45, 2.75) is 0 Å². The average Bonchev–Trinajstić information content (AvgIpc) is 2.81. The maximum atomic E-state index is 13.4. The molecule has 0 unspecified atom stereocenters. The average molecular weight is 266 g/mol. The highest BCUT2D eigenvalue weighted by Crippen LogP contribution is 2.20. The van der Waals surface area contributed by atoms with Crippen LogP contribution in [0.15, 0.2) is 36.5 Å². The molecule has 0 bridgehead atoms. The van der Waals surface area contributed by atoms with E-state index in [1.807, 2.05) is 0 Å². The normalized spacial score (nSPS) is 10.8. The summed E-state index contributed by atoms with van der Waals surface area (Å²) in [6.45, 7) is 0. The highest BCUT2D eigenvalue weighted by atomic mass is 35.5. The quantitative estimate of drug-likeness (QED) is 0.839. The fraction of sp³-hybridized carbons (Fsp3) is 0. The Morgan fingerprint density at radius 2 is 2.28 bits per heavy atom. The molecule has 0 saturated heterocycles. The van der Waals surface area contributed by atoms with E-state index in [0.29, 0.717) is 5.82 Å². The molecule has 0 fully saturated rings. The molecular weight excluding hydrogens is 257 g/mol. The van der Waals surface area contributed by atoms with Crippen molar-refractivity contribution >= 4 is 29.4 Å². The number of aromatic nitrogens is 2. The van der Waals surface area contributed by atoms with Gasteiger partial charge in [-0.05, 0) is 18.2 Å². The maximum absolute atomic E-state index is 13.4. The Morgan fingerprint density at radius 1 is 1.44 bits per heavy atom. The van der Waals surface area contributed by atoms with Crippen LogP contribution in [0.1, 0.15) is 5.56 Å². The molecule has 0 atom stereocenters. The zero-order chi connectivity index (χ0) is 13.0. The molecular formula is C12H9ClFN3O. The monoisotopic (exact) mass is 265 g/mol. The van der Waals surface area contributed by atoms with Crippen molar-refractivity contribution in [1.29, 1.82) is 0 Å². The van der Waals surface area contributed by atoms with Crippen LogP contribution in [0.5, 0.6) is 0 Å². The Bertz CT molecular complexity index is 561. The smallest absolute Gasteiger partial charge is 0.249 e. The van der Waals surface area contributed by atoms with Gasteiger partial charge in [-0.3, -0.25) is 9.89 Å². The van der Waals surface area contributed by atoms with Gasteiger partial charge in [0, 0.05) is 17.7 Å². The Labute approximate surface area is 107 Å². The van der Waals surface area contributed by atoms with Gasteiger partial charge in [0.1, 0.15) is 11.6 Å². The predicted octanol–water partition coefficient (Wildman–Crippen LogP) is 2.85. The number of nitrogens with zero attached hydrogens (tertiary/aromatic N) is 1. The van der Waals surface area contributed by atoms with E-state index < -0.39 is 11.7 Å². The number of halogens is 2. The fourth-order valence-electron chi connectivity index (χ4n) is 1.33. The molecule has 0 aliphatic carbocycles. The molecule has 2 aromatic rings. The number of hydrogen-bond acceptors (Lipinski definition) is 2. The number of nitrogens with one attached hydrogen (secondary N) is 2. The van der Waals surface area contributed by atoms with Crippen LogP contribution in [0.4, 0.5) is 10.2 Å². The number of H-pyrrole nitrogens is 1. The second-order valence-corrected chi connectivity index (χ2v) is 3.84. The van der Waals surface area contributed by atoms with Crippen molar-refractivity contribution in [3.8, 4) is 0 Å². The summed E-state index contributed by atoms with van der Waals surface area (Å²) in [5.74, 6) is -0.420. The fourth-order valence-corrected chi connectivity index (χ4v) is 1.55. The summed E-state index contributed by atoms with van der Waals surface area (Å²) < 4.78 is 13.4. The number of aromatic amines is 1. The minimum atomic E-state index is -0.479. The van der Waals surface area contributed by atoms with Crippen LogP contribution in [0.2, 0.25) is 5.02 Å². The van der Waals surface area contributed by atoms with Crippen LogP contribution in [0, 0.1) is 5.82 Å². The van der Waals surface area contributed by atoms with Crippen molar-refractivity contribution in [1.82, 2.24) is 10.2 Å². The standard InChI is InChI=1S/C12H9ClFN3O/c13-9-2-1-3-10(14)8(9)4-5-12(18)16-11-6-7-15-17-11/h1-7H,(H2,15,16,17,18). The third-order valence-electron chi connectivity index (χ3n) is 2.16. The lowest BCUT2D eigenvalue weighted by atomic mass is 10.2. The molecule has 1 aromatic carbocycles. The second-order valence-electron chi connectivity index (χ2n) is 3.43. The molecule has 6 heteroatoms. The highest BCUT2D eigenvalue weighted by Gasteiger charge is 2.04. The van der Waals surface area contributed by atoms with Crippen molar-refractivity contribution in [2.75, 3.05) is 5.32 Å². The van der Waals surface area contributed by atoms with Crippen molar-refractivity contribution < 1.29 is 9.18 Å². The van der Waals surface area contributed by atoms with Gasteiger partial charge < -0.3 is 5.32 Å². The van der Waals surface area contributed by atoms with Crippen LogP contribution in [0.3, 0.4) is 0 Å². The molecule has 0 saturated carbocycles. The summed E-state index contributed by atoms with van der Waals surface area (Å²) in [6.07, 6.45) is 4.03. The predicted molar refractivity (Wildman–Crippen MR) is 67.7 cm³/mol. The number of anilines is 1. The van der Waals surface area contributed by atoms with E-state index in [1.165, 1.54) is 30.5 Å². The number of carbonyl (C=O) groups excluding carboxylic acids is 1. The zero-order valence-corrected chi connectivity index (χ0v) is 9.91. The van der Waals surface area contributed by atoms with Gasteiger partial charge in [0.15, 0.2) is 0 Å². The van der Waals surface area contributed by atoms with Crippen LogP contribution in [0.25, 0.3) is 6.08 Å². The second kappa shape index (κ2) is 5.46. The van der Waals surface area contributed by atoms with Gasteiger partial charge in [-0.15, -0.1) is 0 Å². The topological polar surface area (TPSA) is 57.8 Å². The van der Waals surface area contributed by atoms with Crippen molar-refractivity contribution in [2.24, 2.45) is 0 Å². The molecule has 92 valence electrons. The molecule has 0 aliphatic heterocycles. The molecule has 2 rings (SSSR count). The lowest BCUT2D eigenvalue weighted by Gasteiger charge is -2.00. The van der Waals surface area contributed by atoms with Gasteiger partial charge in [-0.2, -0.15) is 5.10 Å². The zero-order valence-electron chi connectivity index (χ0n) is 9.15. The van der Waals surface area contributed by atoms with Crippen LogP contribution in [-0.4, -0.2) is 16.1 Å². The lowest BCUT2D eigenvalue weighted by Crippen LogP contribution is -2.08. The summed E-state index contributed by atoms with van der Waals surface area (Å²) in [5, 5.41) is 9.02. The highest BCUT2D eigenvalue weighted by molar-refractivity contribution is 6.32. The van der Waals surface area contributed by atoms with Crippen LogP contribution < -0.4 is 5.32 Å². The molecule has 0 radical (unpaired) electrons. The van der Waals surface area contributed by atoms with Crippen molar-refractivity contribution in [3.63, 3.8) is 0 Å². The summed E-state index contributed by atoms with van der Waals surface area (Å²) in [5.41, 5.74) is 0.180. The number of amides is 1. The minimum Gasteiger partial charge on any atom is -0.307 e. The molecule has 0 aliphatic rings. The molecule has 2 N–H and O–H groups in total. The molecule has 1 amide bonds. The summed E-state index contributed by atoms with van der Waals surface area (Å²) in [4.78, 5) is 11.5. The number of carbonyl (C=O) groups is 1. The minimum absolute atomic E-state index is 0.180. The van der Waals surface area contributed by atoms with Gasteiger partial charge >= 0.3 is 0 Å². The summed E-state index contributed by atoms with van der Waals surface area (Å²) in [6, 6.07) is 5.93. The molecule has 0 spiro atoms. The van der Waals surface area contributed by atoms with Gasteiger partial charge in [-0.25, -0.2) is 4.39 Å². The summed E-state index contributed by atoms with van der Waals surface area (Å²) in [7, 11) is 0. The van der Waals surface area contributed by atoms with Gasteiger partial charge in [-0.1, -0.05) is 17.7 Å². The Morgan fingerprint density at radius 3 is 2.94 bits per heavy atom. The SMILES string of the molecule is O=C(C=Cc1c(F)cccc1Cl)Nc1ccn[nH]1. The third kappa shape index (κ3) is 2.95. The Balaban J connectivity index is 2.09. The van der Waals surface area contributed by atoms with Gasteiger partial charge in [0.25, 0.3) is 0 Å². The van der Waals surface area contributed by atoms with Gasteiger partial charge in [0.05, 0.1) is 11.2 Å². The van der Waals surface area contributed by atoms with E-state index in [0.717, 1.165) is 0 Å². The molecule has 1 heterocycles. The van der Waals surface area contributed by atoms with Gasteiger partial charge in [0.2, 0.25) is 5.91 Å². The molecule has 18 heavy (non-hydrogen) atoms. The maximum Gasteiger partial charge on any atom is 0.249 e.